The van der Waals surface area contributed by atoms with Crippen LogP contribution in [0.4, 0.5) is 36.2 Å². The summed E-state index contributed by atoms with van der Waals surface area (Å²) in [5.74, 6) is -0.0969. The number of nitrogens with one attached hydrogen (secondary N) is 1. The van der Waals surface area contributed by atoms with E-state index in [0.717, 1.165) is 20.9 Å². The summed E-state index contributed by atoms with van der Waals surface area (Å²) in [6.45, 7) is 21.8. The van der Waals surface area contributed by atoms with E-state index in [4.69, 9.17) is 4.98 Å². The third kappa shape index (κ3) is 10.2. The van der Waals surface area contributed by atoms with Crippen molar-refractivity contribution in [1.29, 1.82) is 0 Å². The third-order valence-corrected chi connectivity index (χ3v) is 11.2. The lowest BCUT2D eigenvalue weighted by atomic mass is 9.86. The Morgan fingerprint density at radius 1 is 0.725 bits per heavy atom. The van der Waals surface area contributed by atoms with Gasteiger partial charge in [0.15, 0.2) is 10.3 Å². The zero-order valence-corrected chi connectivity index (χ0v) is 32.9. The van der Waals surface area contributed by atoms with Gasteiger partial charge in [0.25, 0.3) is 5.95 Å². The first-order valence-corrected chi connectivity index (χ1v) is 19.5. The SMILES string of the molecule is CCN(CC)c1ccc(N=Nc2nc(Sc3ccc(C(C)(C)C)cc3C)nc(Sc3ccc(C(C)(C)C)cc3C)n2)c(NS(=O)(=O)C(F)(F)F)c1. The van der Waals surface area contributed by atoms with Gasteiger partial charge in [0, 0.05) is 28.6 Å². The van der Waals surface area contributed by atoms with Crippen LogP contribution >= 0.6 is 23.5 Å². The number of benzene rings is 3. The molecule has 0 amide bonds. The molecule has 0 fully saturated rings. The Labute approximate surface area is 307 Å². The highest BCUT2D eigenvalue weighted by molar-refractivity contribution is 7.99. The van der Waals surface area contributed by atoms with Gasteiger partial charge in [-0.2, -0.15) is 36.5 Å². The summed E-state index contributed by atoms with van der Waals surface area (Å²) >= 11 is 2.66. The van der Waals surface area contributed by atoms with Gasteiger partial charge < -0.3 is 4.90 Å². The van der Waals surface area contributed by atoms with E-state index in [1.54, 1.807) is 10.8 Å². The normalized spacial score (nSPS) is 12.8. The molecule has 274 valence electrons. The summed E-state index contributed by atoms with van der Waals surface area (Å²) in [4.78, 5) is 17.5. The molecular weight excluding hydrogens is 716 g/mol. The van der Waals surface area contributed by atoms with Gasteiger partial charge >= 0.3 is 15.5 Å². The maximum Gasteiger partial charge on any atom is 0.516 e. The Morgan fingerprint density at radius 2 is 1.22 bits per heavy atom. The minimum absolute atomic E-state index is 0.0321. The number of nitrogens with zero attached hydrogens (tertiary/aromatic N) is 6. The van der Waals surface area contributed by atoms with Gasteiger partial charge in [-0.05, 0) is 115 Å². The molecule has 0 bridgehead atoms. The van der Waals surface area contributed by atoms with E-state index < -0.39 is 15.5 Å². The smallest absolute Gasteiger partial charge is 0.372 e. The Bertz CT molecular complexity index is 1940. The average Bonchev–Trinajstić information content (AvgIpc) is 3.01. The van der Waals surface area contributed by atoms with Crippen molar-refractivity contribution in [2.24, 2.45) is 10.2 Å². The quantitative estimate of drug-likeness (QED) is 0.150. The number of hydrogen-bond acceptors (Lipinski definition) is 10. The van der Waals surface area contributed by atoms with Crippen molar-refractivity contribution >= 4 is 56.6 Å². The van der Waals surface area contributed by atoms with E-state index in [0.29, 0.717) is 29.1 Å². The van der Waals surface area contributed by atoms with Crippen LogP contribution in [0.5, 0.6) is 0 Å². The van der Waals surface area contributed by atoms with Crippen molar-refractivity contribution in [3.05, 3.63) is 76.9 Å². The lowest BCUT2D eigenvalue weighted by Gasteiger charge is -2.22. The van der Waals surface area contributed by atoms with E-state index in [1.165, 1.54) is 46.8 Å². The maximum absolute atomic E-state index is 13.4. The lowest BCUT2D eigenvalue weighted by Crippen LogP contribution is -2.30. The fourth-order valence-corrected chi connectivity index (χ4v) is 7.15. The molecule has 3 aromatic carbocycles. The molecule has 0 radical (unpaired) electrons. The number of alkyl halides is 3. The monoisotopic (exact) mass is 759 g/mol. The predicted octanol–water partition coefficient (Wildman–Crippen LogP) is 10.9. The number of sulfonamides is 1. The molecule has 0 aliphatic rings. The van der Waals surface area contributed by atoms with Crippen molar-refractivity contribution < 1.29 is 21.6 Å². The molecule has 1 aromatic heterocycles. The predicted molar refractivity (Wildman–Crippen MR) is 201 cm³/mol. The Balaban J connectivity index is 1.80. The molecular formula is C36H44F3N7O2S3. The summed E-state index contributed by atoms with van der Waals surface area (Å²) in [7, 11) is -5.75. The van der Waals surface area contributed by atoms with E-state index in [9.17, 15) is 21.6 Å². The van der Waals surface area contributed by atoms with Crippen molar-refractivity contribution in [3.63, 3.8) is 0 Å². The molecule has 0 saturated heterocycles. The minimum Gasteiger partial charge on any atom is -0.372 e. The highest BCUT2D eigenvalue weighted by Gasteiger charge is 2.46. The molecule has 51 heavy (non-hydrogen) atoms. The maximum atomic E-state index is 13.4. The number of anilines is 2. The van der Waals surface area contributed by atoms with E-state index in [-0.39, 0.29) is 28.2 Å². The summed E-state index contributed by atoms with van der Waals surface area (Å²) in [6, 6.07) is 16.8. The van der Waals surface area contributed by atoms with Gasteiger partial charge in [-0.1, -0.05) is 65.8 Å². The summed E-state index contributed by atoms with van der Waals surface area (Å²) in [6.07, 6.45) is 0. The summed E-state index contributed by atoms with van der Waals surface area (Å²) in [5, 5.41) is 9.02. The zero-order valence-electron chi connectivity index (χ0n) is 30.5. The van der Waals surface area contributed by atoms with Gasteiger partial charge in [-0.15, -0.1) is 10.2 Å². The van der Waals surface area contributed by atoms with E-state index in [1.807, 2.05) is 44.7 Å². The molecule has 0 atom stereocenters. The zero-order chi connectivity index (χ0) is 37.9. The Kier molecular flexibility index (Phi) is 12.2. The molecule has 4 aromatic rings. The molecule has 1 N–H and O–H groups in total. The number of aromatic nitrogens is 3. The van der Waals surface area contributed by atoms with Gasteiger partial charge in [-0.3, -0.25) is 4.72 Å². The summed E-state index contributed by atoms with van der Waals surface area (Å²) in [5.41, 5.74) is -1.18. The second-order valence-corrected chi connectivity index (χ2v) is 17.7. The molecule has 4 rings (SSSR count). The van der Waals surface area contributed by atoms with Crippen LogP contribution in [0.1, 0.15) is 77.6 Å². The molecule has 0 unspecified atom stereocenters. The standard InChI is InChI=1S/C36H44F3N7O2S3/c1-11-46(12-2)26-15-16-27(28(21-26)45-51(47,48)36(37,38)39)43-44-31-40-32(49-29-17-13-24(19-22(29)3)34(5,6)7)42-33(41-31)50-30-18-14-25(20-23(30)4)35(8,9)10/h13-21,45H,11-12H2,1-10H3. The fourth-order valence-electron chi connectivity index (χ4n) is 4.90. The fraction of sp³-hybridized carbons (Fsp3) is 0.417. The van der Waals surface area contributed by atoms with Crippen LogP contribution in [-0.4, -0.2) is 42.0 Å². The second-order valence-electron chi connectivity index (χ2n) is 14.0. The van der Waals surface area contributed by atoms with Crippen LogP contribution in [0.2, 0.25) is 0 Å². The molecule has 15 heteroatoms. The molecule has 0 aliphatic carbocycles. The lowest BCUT2D eigenvalue weighted by molar-refractivity contribution is -0.0429. The van der Waals surface area contributed by atoms with Gasteiger partial charge in [-0.25, -0.2) is 0 Å². The molecule has 1 heterocycles. The summed E-state index contributed by atoms with van der Waals surface area (Å²) < 4.78 is 66.2. The van der Waals surface area contributed by atoms with E-state index in [2.05, 4.69) is 86.0 Å². The highest BCUT2D eigenvalue weighted by Crippen LogP contribution is 2.38. The van der Waals surface area contributed by atoms with Crippen LogP contribution in [0, 0.1) is 13.8 Å². The van der Waals surface area contributed by atoms with Crippen molar-refractivity contribution in [2.45, 2.75) is 106 Å². The second kappa shape index (κ2) is 15.5. The minimum atomic E-state index is -5.75. The van der Waals surface area contributed by atoms with Crippen LogP contribution < -0.4 is 9.62 Å². The average molecular weight is 760 g/mol. The van der Waals surface area contributed by atoms with Crippen LogP contribution in [0.3, 0.4) is 0 Å². The van der Waals surface area contributed by atoms with Crippen molar-refractivity contribution in [3.8, 4) is 0 Å². The topological polar surface area (TPSA) is 113 Å². The van der Waals surface area contributed by atoms with E-state index >= 15 is 0 Å². The number of rotatable bonds is 11. The van der Waals surface area contributed by atoms with Crippen molar-refractivity contribution in [1.82, 2.24) is 15.0 Å². The van der Waals surface area contributed by atoms with Gasteiger partial charge in [0.05, 0.1) is 5.69 Å². The first-order chi connectivity index (χ1) is 23.6. The number of azo groups is 1. The first-order valence-electron chi connectivity index (χ1n) is 16.3. The molecule has 0 aliphatic heterocycles. The van der Waals surface area contributed by atoms with Gasteiger partial charge in [0.1, 0.15) is 5.69 Å². The number of aryl methyl sites for hydroxylation is 2. The number of hydrogen-bond donors (Lipinski definition) is 1. The first kappa shape index (κ1) is 40.1. The highest BCUT2D eigenvalue weighted by atomic mass is 32.2. The van der Waals surface area contributed by atoms with Crippen LogP contribution in [0.25, 0.3) is 0 Å². The van der Waals surface area contributed by atoms with Crippen LogP contribution in [-0.2, 0) is 20.9 Å². The largest absolute Gasteiger partial charge is 0.516 e. The Hall–Kier alpha value is -3.69. The number of halogens is 3. The molecule has 9 nitrogen and oxygen atoms in total. The van der Waals surface area contributed by atoms with Crippen molar-refractivity contribution in [2.75, 3.05) is 22.7 Å². The molecule has 0 saturated carbocycles. The molecule has 0 spiro atoms. The van der Waals surface area contributed by atoms with Crippen LogP contribution in [0.15, 0.2) is 84.9 Å². The third-order valence-electron chi connectivity index (χ3n) is 7.97. The Morgan fingerprint density at radius 3 is 1.63 bits per heavy atom. The van der Waals surface area contributed by atoms with Gasteiger partial charge in [0.2, 0.25) is 0 Å².